The lowest BCUT2D eigenvalue weighted by Gasteiger charge is -2.36. The fourth-order valence-electron chi connectivity index (χ4n) is 4.20. The molecule has 1 amide bonds. The molecule has 1 fully saturated rings. The van der Waals surface area contributed by atoms with Crippen molar-refractivity contribution in [2.75, 3.05) is 13.7 Å². The van der Waals surface area contributed by atoms with E-state index < -0.39 is 0 Å². The fourth-order valence-corrected chi connectivity index (χ4v) is 4.20. The summed E-state index contributed by atoms with van der Waals surface area (Å²) >= 11 is 0. The van der Waals surface area contributed by atoms with Crippen molar-refractivity contribution in [2.24, 2.45) is 0 Å². The van der Waals surface area contributed by atoms with Crippen LogP contribution in [-0.4, -0.2) is 29.6 Å². The topological polar surface area (TPSA) is 42.0 Å². The molecular weight excluding hydrogens is 364 g/mol. The summed E-state index contributed by atoms with van der Waals surface area (Å²) in [6.07, 6.45) is 0.0958. The monoisotopic (exact) mass is 386 g/mol. The minimum atomic E-state index is -0.372. The average Bonchev–Trinajstić information content (AvgIpc) is 3.07. The van der Waals surface area contributed by atoms with Crippen LogP contribution in [-0.2, 0) is 4.79 Å². The lowest BCUT2D eigenvalue weighted by atomic mass is 9.97. The normalized spacial score (nSPS) is 21.1. The van der Waals surface area contributed by atoms with E-state index in [0.29, 0.717) is 13.0 Å². The third-order valence-corrected chi connectivity index (χ3v) is 5.55. The Labute approximate surface area is 170 Å². The lowest BCUT2D eigenvalue weighted by Crippen LogP contribution is -2.43. The van der Waals surface area contributed by atoms with Crippen molar-refractivity contribution in [3.05, 3.63) is 95.6 Å². The Bertz CT molecular complexity index is 1020. The van der Waals surface area contributed by atoms with E-state index in [1.807, 2.05) is 71.7 Å². The molecule has 2 atom stereocenters. The largest absolute Gasteiger partial charge is 0.497 e. The number of rotatable bonds is 3. The van der Waals surface area contributed by atoms with Gasteiger partial charge >= 0.3 is 0 Å². The van der Waals surface area contributed by atoms with Crippen molar-refractivity contribution in [2.45, 2.75) is 18.7 Å². The number of hydrazine groups is 1. The molecule has 146 valence electrons. The van der Waals surface area contributed by atoms with Crippen LogP contribution in [0.1, 0.15) is 35.4 Å². The number of amides is 1. The predicted octanol–water partition coefficient (Wildman–Crippen LogP) is 4.33. The first-order chi connectivity index (χ1) is 14.3. The van der Waals surface area contributed by atoms with Gasteiger partial charge in [-0.05, 0) is 23.8 Å². The van der Waals surface area contributed by atoms with Crippen LogP contribution >= 0.6 is 0 Å². The SMILES string of the molecule is COc1ccc2c(c1)[C@@H](c1ccccc1)N1C(=O)CCN1[C@@H](c1ccccc1)O2. The Morgan fingerprint density at radius 3 is 2.31 bits per heavy atom. The number of hydrogen-bond acceptors (Lipinski definition) is 4. The number of benzene rings is 3. The molecule has 1 saturated heterocycles. The number of carbonyl (C=O) groups is 1. The van der Waals surface area contributed by atoms with Gasteiger partial charge in [0.2, 0.25) is 5.91 Å². The molecule has 3 aromatic rings. The Morgan fingerprint density at radius 1 is 0.931 bits per heavy atom. The zero-order valence-electron chi connectivity index (χ0n) is 16.2. The van der Waals surface area contributed by atoms with Crippen molar-refractivity contribution in [1.29, 1.82) is 0 Å². The molecule has 0 spiro atoms. The maximum absolute atomic E-state index is 13.1. The molecule has 0 unspecified atom stereocenters. The maximum atomic E-state index is 13.1. The predicted molar refractivity (Wildman–Crippen MR) is 109 cm³/mol. The van der Waals surface area contributed by atoms with Gasteiger partial charge in [0.25, 0.3) is 0 Å². The molecule has 0 bridgehead atoms. The molecule has 0 radical (unpaired) electrons. The van der Waals surface area contributed by atoms with Gasteiger partial charge < -0.3 is 9.47 Å². The van der Waals surface area contributed by atoms with Crippen LogP contribution in [0.15, 0.2) is 78.9 Å². The van der Waals surface area contributed by atoms with E-state index in [1.54, 1.807) is 7.11 Å². The standard InChI is InChI=1S/C24H22N2O3/c1-28-19-12-13-21-20(16-19)23(17-8-4-2-5-9-17)26-22(27)14-15-25(26)24(29-21)18-10-6-3-7-11-18/h2-13,16,23-24H,14-15H2,1H3/t23-,24-/m1/s1. The Morgan fingerprint density at radius 2 is 1.62 bits per heavy atom. The lowest BCUT2D eigenvalue weighted by molar-refractivity contribution is -0.154. The minimum Gasteiger partial charge on any atom is -0.497 e. The van der Waals surface area contributed by atoms with Gasteiger partial charge in [-0.1, -0.05) is 60.7 Å². The third-order valence-electron chi connectivity index (χ3n) is 5.55. The van der Waals surface area contributed by atoms with Gasteiger partial charge in [0.1, 0.15) is 17.5 Å². The first-order valence-electron chi connectivity index (χ1n) is 9.79. The van der Waals surface area contributed by atoms with Crippen LogP contribution in [0.3, 0.4) is 0 Å². The van der Waals surface area contributed by atoms with Gasteiger partial charge in [0, 0.05) is 24.1 Å². The van der Waals surface area contributed by atoms with E-state index in [9.17, 15) is 4.79 Å². The van der Waals surface area contributed by atoms with Gasteiger partial charge in [0.15, 0.2) is 6.23 Å². The molecule has 2 aliphatic heterocycles. The summed E-state index contributed by atoms with van der Waals surface area (Å²) in [5.74, 6) is 1.60. The number of fused-ring (bicyclic) bond motifs is 2. The van der Waals surface area contributed by atoms with Gasteiger partial charge in [-0.25, -0.2) is 0 Å². The van der Waals surface area contributed by atoms with Crippen molar-refractivity contribution in [3.8, 4) is 11.5 Å². The minimum absolute atomic E-state index is 0.0963. The van der Waals surface area contributed by atoms with Crippen LogP contribution in [0.2, 0.25) is 0 Å². The van der Waals surface area contributed by atoms with Gasteiger partial charge in [-0.3, -0.25) is 9.80 Å². The second-order valence-electron chi connectivity index (χ2n) is 7.25. The Kier molecular flexibility index (Phi) is 4.45. The molecule has 3 aromatic carbocycles. The van der Waals surface area contributed by atoms with Crippen LogP contribution in [0.4, 0.5) is 0 Å². The van der Waals surface area contributed by atoms with Crippen LogP contribution in [0, 0.1) is 0 Å². The summed E-state index contributed by atoms with van der Waals surface area (Å²) in [5, 5.41) is 3.93. The van der Waals surface area contributed by atoms with E-state index in [0.717, 1.165) is 28.2 Å². The number of methoxy groups -OCH3 is 1. The maximum Gasteiger partial charge on any atom is 0.239 e. The van der Waals surface area contributed by atoms with Crippen LogP contribution < -0.4 is 9.47 Å². The molecule has 5 rings (SSSR count). The highest BCUT2D eigenvalue weighted by atomic mass is 16.5. The summed E-state index contributed by atoms with van der Waals surface area (Å²) in [7, 11) is 1.65. The fraction of sp³-hybridized carbons (Fsp3) is 0.208. The first kappa shape index (κ1) is 17.8. The molecule has 29 heavy (non-hydrogen) atoms. The highest BCUT2D eigenvalue weighted by Gasteiger charge is 2.45. The smallest absolute Gasteiger partial charge is 0.239 e. The van der Waals surface area contributed by atoms with Crippen molar-refractivity contribution < 1.29 is 14.3 Å². The van der Waals surface area contributed by atoms with Gasteiger partial charge in [-0.2, -0.15) is 5.01 Å². The van der Waals surface area contributed by atoms with E-state index in [4.69, 9.17) is 9.47 Å². The molecule has 2 heterocycles. The summed E-state index contributed by atoms with van der Waals surface area (Å²) in [6, 6.07) is 25.7. The number of hydrogen-bond donors (Lipinski definition) is 0. The Balaban J connectivity index is 1.72. The number of nitrogens with zero attached hydrogens (tertiary/aromatic N) is 2. The molecule has 0 aliphatic carbocycles. The highest BCUT2D eigenvalue weighted by Crippen LogP contribution is 2.46. The second kappa shape index (κ2) is 7.26. The highest BCUT2D eigenvalue weighted by molar-refractivity contribution is 5.79. The second-order valence-corrected chi connectivity index (χ2v) is 7.25. The molecule has 5 nitrogen and oxygen atoms in total. The summed E-state index contributed by atoms with van der Waals surface area (Å²) in [5.41, 5.74) is 2.98. The molecule has 2 aliphatic rings. The zero-order valence-corrected chi connectivity index (χ0v) is 16.2. The van der Waals surface area contributed by atoms with Crippen molar-refractivity contribution in [1.82, 2.24) is 10.0 Å². The van der Waals surface area contributed by atoms with E-state index >= 15 is 0 Å². The summed E-state index contributed by atoms with van der Waals surface area (Å²) in [6.45, 7) is 0.618. The molecular formula is C24H22N2O3. The first-order valence-corrected chi connectivity index (χ1v) is 9.79. The molecule has 5 heteroatoms. The van der Waals surface area contributed by atoms with Crippen molar-refractivity contribution in [3.63, 3.8) is 0 Å². The van der Waals surface area contributed by atoms with Crippen LogP contribution in [0.25, 0.3) is 0 Å². The number of ether oxygens (including phenoxy) is 2. The van der Waals surface area contributed by atoms with Gasteiger partial charge in [0.05, 0.1) is 7.11 Å². The van der Waals surface area contributed by atoms with Gasteiger partial charge in [-0.15, -0.1) is 0 Å². The van der Waals surface area contributed by atoms with Crippen molar-refractivity contribution >= 4 is 5.91 Å². The quantitative estimate of drug-likeness (QED) is 0.672. The molecule has 0 N–H and O–H groups in total. The van der Waals surface area contributed by atoms with E-state index in [1.165, 1.54) is 0 Å². The Hall–Kier alpha value is -3.31. The molecule has 0 aromatic heterocycles. The summed E-state index contributed by atoms with van der Waals surface area (Å²) < 4.78 is 12.0. The van der Waals surface area contributed by atoms with E-state index in [2.05, 4.69) is 17.1 Å². The number of carbonyl (C=O) groups excluding carboxylic acids is 1. The summed E-state index contributed by atoms with van der Waals surface area (Å²) in [4.78, 5) is 13.1. The van der Waals surface area contributed by atoms with Crippen LogP contribution in [0.5, 0.6) is 11.5 Å². The zero-order chi connectivity index (χ0) is 19.8. The third kappa shape index (κ3) is 3.04. The molecule has 0 saturated carbocycles. The van der Waals surface area contributed by atoms with E-state index in [-0.39, 0.29) is 18.2 Å². The average molecular weight is 386 g/mol.